The molecule has 1 aromatic rings. The van der Waals surface area contributed by atoms with Crippen molar-refractivity contribution in [2.75, 3.05) is 18.1 Å². The zero-order valence-corrected chi connectivity index (χ0v) is 11.7. The van der Waals surface area contributed by atoms with Crippen LogP contribution in [-0.2, 0) is 9.84 Å². The van der Waals surface area contributed by atoms with Gasteiger partial charge in [-0.15, -0.1) is 0 Å². The van der Waals surface area contributed by atoms with Gasteiger partial charge in [0.05, 0.1) is 17.1 Å². The smallest absolute Gasteiger partial charge is 0.255 e. The Morgan fingerprint density at radius 2 is 2.21 bits per heavy atom. The number of nitrogens with one attached hydrogen (secondary N) is 1. The molecular formula is C12H14ClNO4S. The molecule has 1 heterocycles. The number of carbonyl (C=O) groups excluding carboxylic acids is 1. The zero-order chi connectivity index (χ0) is 14.0. The molecule has 104 valence electrons. The number of aromatic hydroxyl groups is 1. The van der Waals surface area contributed by atoms with Crippen LogP contribution in [0.2, 0.25) is 5.02 Å². The number of amides is 1. The van der Waals surface area contributed by atoms with Crippen LogP contribution in [0.25, 0.3) is 0 Å². The number of halogens is 1. The van der Waals surface area contributed by atoms with E-state index in [1.54, 1.807) is 0 Å². The Hall–Kier alpha value is -1.27. The summed E-state index contributed by atoms with van der Waals surface area (Å²) in [5, 5.41) is 12.5. The Balaban J connectivity index is 1.97. The molecule has 0 aliphatic carbocycles. The molecule has 0 saturated carbocycles. The third-order valence-corrected chi connectivity index (χ3v) is 5.15. The summed E-state index contributed by atoms with van der Waals surface area (Å²) in [6.07, 6.45) is 0.560. The summed E-state index contributed by atoms with van der Waals surface area (Å²) >= 11 is 5.76. The summed E-state index contributed by atoms with van der Waals surface area (Å²) in [6, 6.07) is 4.20. The van der Waals surface area contributed by atoms with E-state index in [-0.39, 0.29) is 35.3 Å². The van der Waals surface area contributed by atoms with Gasteiger partial charge in [-0.25, -0.2) is 8.42 Å². The number of sulfone groups is 1. The van der Waals surface area contributed by atoms with Gasteiger partial charge in [-0.2, -0.15) is 0 Å². The predicted molar refractivity (Wildman–Crippen MR) is 72.2 cm³/mol. The first-order chi connectivity index (χ1) is 8.87. The molecule has 2 N–H and O–H groups in total. The van der Waals surface area contributed by atoms with E-state index in [1.165, 1.54) is 18.2 Å². The Morgan fingerprint density at radius 3 is 2.84 bits per heavy atom. The monoisotopic (exact) mass is 303 g/mol. The normalized spacial score (nSPS) is 21.2. The van der Waals surface area contributed by atoms with Crippen LogP contribution in [0.1, 0.15) is 16.8 Å². The Bertz CT molecular complexity index is 600. The van der Waals surface area contributed by atoms with Crippen molar-refractivity contribution >= 4 is 27.3 Å². The molecule has 1 aromatic carbocycles. The highest BCUT2D eigenvalue weighted by atomic mass is 35.5. The maximum atomic E-state index is 11.9. The van der Waals surface area contributed by atoms with Crippen LogP contribution < -0.4 is 5.32 Å². The summed E-state index contributed by atoms with van der Waals surface area (Å²) < 4.78 is 22.6. The summed E-state index contributed by atoms with van der Waals surface area (Å²) in [7, 11) is -2.94. The van der Waals surface area contributed by atoms with E-state index in [0.717, 1.165) is 0 Å². The van der Waals surface area contributed by atoms with E-state index in [4.69, 9.17) is 11.6 Å². The highest BCUT2D eigenvalue weighted by molar-refractivity contribution is 7.91. The standard InChI is InChI=1S/C12H14ClNO4S/c13-9-1-2-11(15)10(5-9)12(16)14-6-8-3-4-19(17,18)7-8/h1-2,5,8,15H,3-4,6-7H2,(H,14,16). The van der Waals surface area contributed by atoms with Crippen LogP contribution in [0, 0.1) is 5.92 Å². The molecule has 0 radical (unpaired) electrons. The number of carbonyl (C=O) groups is 1. The van der Waals surface area contributed by atoms with Crippen LogP contribution in [-0.4, -0.2) is 37.5 Å². The number of hydrogen-bond donors (Lipinski definition) is 2. The Kier molecular flexibility index (Phi) is 4.01. The molecule has 0 bridgehead atoms. The van der Waals surface area contributed by atoms with Crippen molar-refractivity contribution < 1.29 is 18.3 Å². The van der Waals surface area contributed by atoms with Crippen molar-refractivity contribution in [2.24, 2.45) is 5.92 Å². The SMILES string of the molecule is O=C(NCC1CCS(=O)(=O)C1)c1cc(Cl)ccc1O. The minimum Gasteiger partial charge on any atom is -0.507 e. The number of rotatable bonds is 3. The molecule has 1 unspecified atom stereocenters. The van der Waals surface area contributed by atoms with E-state index in [0.29, 0.717) is 11.4 Å². The zero-order valence-electron chi connectivity index (χ0n) is 10.1. The van der Waals surface area contributed by atoms with Gasteiger partial charge < -0.3 is 10.4 Å². The van der Waals surface area contributed by atoms with Crippen LogP contribution in [0.4, 0.5) is 0 Å². The maximum absolute atomic E-state index is 11.9. The van der Waals surface area contributed by atoms with Gasteiger partial charge >= 0.3 is 0 Å². The summed E-state index contributed by atoms with van der Waals surface area (Å²) in [5.41, 5.74) is 0.0911. The van der Waals surface area contributed by atoms with Crippen LogP contribution in [0.15, 0.2) is 18.2 Å². The molecule has 1 aliphatic rings. The summed E-state index contributed by atoms with van der Waals surface area (Å²) in [5.74, 6) is -0.384. The number of hydrogen-bond acceptors (Lipinski definition) is 4. The van der Waals surface area contributed by atoms with E-state index < -0.39 is 15.7 Å². The molecule has 7 heteroatoms. The first-order valence-electron chi connectivity index (χ1n) is 5.84. The molecule has 1 saturated heterocycles. The lowest BCUT2D eigenvalue weighted by Crippen LogP contribution is -2.29. The molecule has 2 rings (SSSR count). The highest BCUT2D eigenvalue weighted by Crippen LogP contribution is 2.22. The first kappa shape index (κ1) is 14.1. The van der Waals surface area contributed by atoms with Gasteiger partial charge in [-0.05, 0) is 30.5 Å². The minimum atomic E-state index is -2.94. The molecule has 1 aliphatic heterocycles. The van der Waals surface area contributed by atoms with Gasteiger partial charge in [-0.1, -0.05) is 11.6 Å². The molecule has 5 nitrogen and oxygen atoms in total. The molecule has 1 atom stereocenters. The largest absolute Gasteiger partial charge is 0.507 e. The minimum absolute atomic E-state index is 0.0599. The summed E-state index contributed by atoms with van der Waals surface area (Å²) in [4.78, 5) is 11.9. The van der Waals surface area contributed by atoms with Crippen molar-refractivity contribution in [2.45, 2.75) is 6.42 Å². The number of phenols is 1. The third-order valence-electron chi connectivity index (χ3n) is 3.08. The van der Waals surface area contributed by atoms with Crippen molar-refractivity contribution in [1.29, 1.82) is 0 Å². The average molecular weight is 304 g/mol. The second kappa shape index (κ2) is 5.38. The van der Waals surface area contributed by atoms with Gasteiger partial charge in [-0.3, -0.25) is 4.79 Å². The fraction of sp³-hybridized carbons (Fsp3) is 0.417. The van der Waals surface area contributed by atoms with E-state index in [2.05, 4.69) is 5.32 Å². The fourth-order valence-corrected chi connectivity index (χ4v) is 4.09. The van der Waals surface area contributed by atoms with Crippen molar-refractivity contribution in [3.63, 3.8) is 0 Å². The second-order valence-corrected chi connectivity index (χ2v) is 7.31. The molecule has 1 amide bonds. The van der Waals surface area contributed by atoms with Crippen LogP contribution in [0.3, 0.4) is 0 Å². The second-order valence-electron chi connectivity index (χ2n) is 4.64. The lowest BCUT2D eigenvalue weighted by molar-refractivity contribution is 0.0946. The first-order valence-corrected chi connectivity index (χ1v) is 8.04. The van der Waals surface area contributed by atoms with Crippen molar-refractivity contribution in [3.8, 4) is 5.75 Å². The number of phenolic OH excluding ortho intramolecular Hbond substituents is 1. The Morgan fingerprint density at radius 1 is 1.47 bits per heavy atom. The van der Waals surface area contributed by atoms with Gasteiger partial charge in [0.2, 0.25) is 0 Å². The molecule has 19 heavy (non-hydrogen) atoms. The van der Waals surface area contributed by atoms with Crippen LogP contribution >= 0.6 is 11.6 Å². The molecule has 0 aromatic heterocycles. The molecule has 0 spiro atoms. The summed E-state index contributed by atoms with van der Waals surface area (Å²) in [6.45, 7) is 0.282. The van der Waals surface area contributed by atoms with Crippen molar-refractivity contribution in [3.05, 3.63) is 28.8 Å². The highest BCUT2D eigenvalue weighted by Gasteiger charge is 2.28. The topological polar surface area (TPSA) is 83.5 Å². The Labute approximate surface area is 116 Å². The molecular weight excluding hydrogens is 290 g/mol. The van der Waals surface area contributed by atoms with Gasteiger partial charge in [0.15, 0.2) is 9.84 Å². The quantitative estimate of drug-likeness (QED) is 0.879. The maximum Gasteiger partial charge on any atom is 0.255 e. The van der Waals surface area contributed by atoms with E-state index >= 15 is 0 Å². The predicted octanol–water partition coefficient (Wildman–Crippen LogP) is 1.21. The third kappa shape index (κ3) is 3.61. The lowest BCUT2D eigenvalue weighted by atomic mass is 10.1. The lowest BCUT2D eigenvalue weighted by Gasteiger charge is -2.10. The average Bonchev–Trinajstić information content (AvgIpc) is 2.69. The van der Waals surface area contributed by atoms with Gasteiger partial charge in [0, 0.05) is 11.6 Å². The number of benzene rings is 1. The van der Waals surface area contributed by atoms with E-state index in [1.807, 2.05) is 0 Å². The van der Waals surface area contributed by atoms with Gasteiger partial charge in [0.1, 0.15) is 5.75 Å². The van der Waals surface area contributed by atoms with Crippen molar-refractivity contribution in [1.82, 2.24) is 5.32 Å². The van der Waals surface area contributed by atoms with Gasteiger partial charge in [0.25, 0.3) is 5.91 Å². The molecule has 1 fully saturated rings. The fourth-order valence-electron chi connectivity index (χ4n) is 2.06. The van der Waals surface area contributed by atoms with Crippen LogP contribution in [0.5, 0.6) is 5.75 Å². The van der Waals surface area contributed by atoms with E-state index in [9.17, 15) is 18.3 Å².